The minimum Gasteiger partial charge on any atom is -0.326 e. The van der Waals surface area contributed by atoms with E-state index in [4.69, 9.17) is 10.3 Å². The van der Waals surface area contributed by atoms with Crippen LogP contribution in [0.5, 0.6) is 0 Å². The van der Waals surface area contributed by atoms with E-state index in [1.165, 1.54) is 12.1 Å². The van der Waals surface area contributed by atoms with Gasteiger partial charge in [-0.1, -0.05) is 18.2 Å². The van der Waals surface area contributed by atoms with Crippen molar-refractivity contribution in [1.29, 1.82) is 0 Å². The Kier molecular flexibility index (Phi) is 6.90. The van der Waals surface area contributed by atoms with Gasteiger partial charge in [-0.3, -0.25) is 4.57 Å². The summed E-state index contributed by atoms with van der Waals surface area (Å²) in [6.45, 7) is 3.68. The molecule has 0 aromatic heterocycles. The van der Waals surface area contributed by atoms with Crippen LogP contribution in [-0.4, -0.2) is 13.3 Å². The Labute approximate surface area is 140 Å². The summed E-state index contributed by atoms with van der Waals surface area (Å²) in [7, 11) is -2.85. The molecule has 2 aromatic rings. The van der Waals surface area contributed by atoms with Gasteiger partial charge in [0.2, 0.25) is 7.37 Å². The molecule has 23 heavy (non-hydrogen) atoms. The monoisotopic (exact) mass is 361 g/mol. The predicted octanol–water partition coefficient (Wildman–Crippen LogP) is 4.00. The fraction of sp³-hybridized carbons (Fsp3) is 0.250. The van der Waals surface area contributed by atoms with Crippen molar-refractivity contribution < 1.29 is 17.9 Å². The molecule has 126 valence electrons. The first-order chi connectivity index (χ1) is 10.3. The van der Waals surface area contributed by atoms with Gasteiger partial charge in [-0.15, -0.1) is 12.4 Å². The topological polar surface area (TPSA) is 52.3 Å². The lowest BCUT2D eigenvalue weighted by molar-refractivity contribution is 0.345. The van der Waals surface area contributed by atoms with Crippen molar-refractivity contribution in [2.24, 2.45) is 5.73 Å². The molecule has 0 spiro atoms. The summed E-state index contributed by atoms with van der Waals surface area (Å²) >= 11 is 0. The molecule has 2 rings (SSSR count). The number of hydrogen-bond donors (Lipinski definition) is 1. The Hall–Kier alpha value is -1.26. The Bertz CT molecular complexity index is 710. The van der Waals surface area contributed by atoms with Gasteiger partial charge in [0.25, 0.3) is 0 Å². The number of benzene rings is 2. The Morgan fingerprint density at radius 3 is 2.30 bits per heavy atom. The first-order valence-electron chi connectivity index (χ1n) is 6.88. The summed E-state index contributed by atoms with van der Waals surface area (Å²) < 4.78 is 44.3. The zero-order valence-electron chi connectivity index (χ0n) is 12.8. The third-order valence-corrected chi connectivity index (χ3v) is 5.38. The van der Waals surface area contributed by atoms with Crippen LogP contribution >= 0.6 is 19.8 Å². The number of halogens is 3. The molecule has 0 fully saturated rings. The van der Waals surface area contributed by atoms with Crippen LogP contribution in [-0.2, 0) is 9.09 Å². The average molecular weight is 362 g/mol. The van der Waals surface area contributed by atoms with Gasteiger partial charge in [0.1, 0.15) is 11.6 Å². The van der Waals surface area contributed by atoms with E-state index in [0.717, 1.165) is 6.07 Å². The van der Waals surface area contributed by atoms with Crippen LogP contribution < -0.4 is 11.0 Å². The molecule has 7 heteroatoms. The molecular weight excluding hydrogens is 343 g/mol. The van der Waals surface area contributed by atoms with Crippen molar-refractivity contribution in [3.05, 3.63) is 65.2 Å². The van der Waals surface area contributed by atoms with E-state index in [1.54, 1.807) is 37.9 Å². The Morgan fingerprint density at radius 2 is 1.78 bits per heavy atom. The van der Waals surface area contributed by atoms with E-state index in [0.29, 0.717) is 17.5 Å². The van der Waals surface area contributed by atoms with E-state index in [9.17, 15) is 13.3 Å². The van der Waals surface area contributed by atoms with Crippen molar-refractivity contribution in [2.75, 3.05) is 13.3 Å². The van der Waals surface area contributed by atoms with Gasteiger partial charge < -0.3 is 10.3 Å². The summed E-state index contributed by atoms with van der Waals surface area (Å²) in [6, 6.07) is 9.25. The van der Waals surface area contributed by atoms with Gasteiger partial charge in [-0.05, 0) is 30.7 Å². The summed E-state index contributed by atoms with van der Waals surface area (Å²) in [5, 5.41) is 0.574. The molecule has 0 saturated heterocycles. The van der Waals surface area contributed by atoms with Crippen LogP contribution in [0.1, 0.15) is 24.1 Å². The fourth-order valence-corrected chi connectivity index (χ4v) is 3.54. The molecule has 2 atom stereocenters. The fourth-order valence-electron chi connectivity index (χ4n) is 2.21. The highest BCUT2D eigenvalue weighted by Gasteiger charge is 2.20. The third kappa shape index (κ3) is 4.61. The van der Waals surface area contributed by atoms with Gasteiger partial charge in [-0.25, -0.2) is 8.78 Å². The molecule has 0 heterocycles. The van der Waals surface area contributed by atoms with Crippen LogP contribution in [0.2, 0.25) is 0 Å². The molecule has 2 N–H and O–H groups in total. The maximum Gasteiger partial charge on any atom is 0.229 e. The van der Waals surface area contributed by atoms with Crippen LogP contribution in [0.3, 0.4) is 0 Å². The molecule has 0 bridgehead atoms. The van der Waals surface area contributed by atoms with E-state index in [2.05, 4.69) is 0 Å². The molecule has 2 unspecified atom stereocenters. The van der Waals surface area contributed by atoms with Crippen molar-refractivity contribution in [3.63, 3.8) is 0 Å². The average Bonchev–Trinajstić information content (AvgIpc) is 2.47. The highest BCUT2D eigenvalue weighted by Crippen LogP contribution is 2.41. The SMILES string of the molecule is CCOP(C)(=O)c1ccc(C(N)c2ccc(F)cc2F)cc1.Cl. The van der Waals surface area contributed by atoms with Gasteiger partial charge in [0.15, 0.2) is 0 Å². The summed E-state index contributed by atoms with van der Waals surface area (Å²) in [4.78, 5) is 0. The molecule has 0 aliphatic rings. The summed E-state index contributed by atoms with van der Waals surface area (Å²) in [5.41, 5.74) is 6.87. The zero-order chi connectivity index (χ0) is 16.3. The number of rotatable bonds is 5. The quantitative estimate of drug-likeness (QED) is 0.819. The Balaban J connectivity index is 0.00000264. The molecule has 2 aromatic carbocycles. The molecular formula is C16H19ClF2NO2P. The molecule has 0 saturated carbocycles. The highest BCUT2D eigenvalue weighted by atomic mass is 35.5. The van der Waals surface area contributed by atoms with Crippen LogP contribution in [0.25, 0.3) is 0 Å². The van der Waals surface area contributed by atoms with E-state index < -0.39 is 25.0 Å². The van der Waals surface area contributed by atoms with E-state index >= 15 is 0 Å². The van der Waals surface area contributed by atoms with Crippen LogP contribution in [0, 0.1) is 11.6 Å². The molecule has 0 aliphatic carbocycles. The van der Waals surface area contributed by atoms with E-state index in [1.807, 2.05) is 0 Å². The van der Waals surface area contributed by atoms with Gasteiger partial charge in [0, 0.05) is 23.6 Å². The second-order valence-corrected chi connectivity index (χ2v) is 7.47. The first kappa shape index (κ1) is 19.8. The minimum absolute atomic E-state index is 0. The molecule has 3 nitrogen and oxygen atoms in total. The normalized spacial score (nSPS) is 14.7. The summed E-state index contributed by atoms with van der Waals surface area (Å²) in [6.07, 6.45) is 0. The third-order valence-electron chi connectivity index (χ3n) is 3.39. The maximum absolute atomic E-state index is 13.8. The first-order valence-corrected chi connectivity index (χ1v) is 8.95. The molecule has 0 amide bonds. The van der Waals surface area contributed by atoms with E-state index in [-0.39, 0.29) is 18.0 Å². The zero-order valence-corrected chi connectivity index (χ0v) is 14.5. The molecule has 0 radical (unpaired) electrons. The van der Waals surface area contributed by atoms with Crippen LogP contribution in [0.4, 0.5) is 8.78 Å². The second-order valence-electron chi connectivity index (χ2n) is 5.00. The lowest BCUT2D eigenvalue weighted by Crippen LogP contribution is -2.15. The Morgan fingerprint density at radius 1 is 1.17 bits per heavy atom. The maximum atomic E-state index is 13.8. The molecule has 0 aliphatic heterocycles. The van der Waals surface area contributed by atoms with Crippen molar-refractivity contribution >= 4 is 25.1 Å². The van der Waals surface area contributed by atoms with Crippen molar-refractivity contribution in [1.82, 2.24) is 0 Å². The minimum atomic E-state index is -2.85. The van der Waals surface area contributed by atoms with Crippen LogP contribution in [0.15, 0.2) is 42.5 Å². The smallest absolute Gasteiger partial charge is 0.229 e. The van der Waals surface area contributed by atoms with Gasteiger partial charge in [0.05, 0.1) is 12.6 Å². The van der Waals surface area contributed by atoms with Crippen molar-refractivity contribution in [2.45, 2.75) is 13.0 Å². The van der Waals surface area contributed by atoms with Crippen molar-refractivity contribution in [3.8, 4) is 0 Å². The van der Waals surface area contributed by atoms with Gasteiger partial charge >= 0.3 is 0 Å². The summed E-state index contributed by atoms with van der Waals surface area (Å²) in [5.74, 6) is -1.33. The highest BCUT2D eigenvalue weighted by molar-refractivity contribution is 7.66. The standard InChI is InChI=1S/C16H18F2NO2P.ClH/c1-3-21-22(2,20)13-7-4-11(5-8-13)16(19)14-9-6-12(17)10-15(14)18;/h4-10,16H,3,19H2,1-2H3;1H. The lowest BCUT2D eigenvalue weighted by atomic mass is 9.99. The number of hydrogen-bond acceptors (Lipinski definition) is 3. The van der Waals surface area contributed by atoms with Gasteiger partial charge in [-0.2, -0.15) is 0 Å². The largest absolute Gasteiger partial charge is 0.326 e. The predicted molar refractivity (Wildman–Crippen MR) is 90.9 cm³/mol. The lowest BCUT2D eigenvalue weighted by Gasteiger charge is -2.16. The second kappa shape index (κ2) is 8.02. The number of nitrogens with two attached hydrogens (primary N) is 1.